The maximum absolute atomic E-state index is 14.6. The van der Waals surface area contributed by atoms with Gasteiger partial charge in [-0.1, -0.05) is 89.7 Å². The third-order valence-electron chi connectivity index (χ3n) is 8.39. The number of halogens is 1. The lowest BCUT2D eigenvalue weighted by atomic mass is 9.93. The number of hydrogen-bond acceptors (Lipinski definition) is 8. The molecule has 0 radical (unpaired) electrons. The van der Waals surface area contributed by atoms with Crippen LogP contribution in [0.1, 0.15) is 61.6 Å². The van der Waals surface area contributed by atoms with Gasteiger partial charge in [0.15, 0.2) is 16.3 Å². The molecule has 1 aliphatic heterocycles. The van der Waals surface area contributed by atoms with Crippen molar-refractivity contribution >= 4 is 40.7 Å². The Labute approximate surface area is 317 Å². The fraction of sp³-hybridized carbons (Fsp3) is 0.233. The summed E-state index contributed by atoms with van der Waals surface area (Å²) in [7, 11) is 0. The first-order valence-corrected chi connectivity index (χ1v) is 18.7. The average molecular weight is 749 g/mol. The monoisotopic (exact) mass is 748 g/mol. The molecule has 10 heteroatoms. The Bertz CT molecular complexity index is 2330. The molecule has 2 heterocycles. The number of allylic oxidation sites excluding steroid dienone is 1. The second-order valence-corrected chi connectivity index (χ2v) is 13.9. The maximum atomic E-state index is 14.6. The minimum absolute atomic E-state index is 0.0172. The number of benzene rings is 4. The molecule has 0 saturated carbocycles. The van der Waals surface area contributed by atoms with Crippen LogP contribution in [-0.2, 0) is 22.6 Å². The van der Waals surface area contributed by atoms with E-state index in [1.54, 1.807) is 17.6 Å². The summed E-state index contributed by atoms with van der Waals surface area (Å²) in [5.74, 6) is 1.26. The Morgan fingerprint density at radius 1 is 0.962 bits per heavy atom. The van der Waals surface area contributed by atoms with Gasteiger partial charge in [-0.3, -0.25) is 9.36 Å². The molecule has 272 valence electrons. The molecule has 0 unspecified atom stereocenters. The summed E-state index contributed by atoms with van der Waals surface area (Å²) in [6.45, 7) is 12.4. The van der Waals surface area contributed by atoms with Crippen molar-refractivity contribution in [2.24, 2.45) is 4.99 Å². The first-order valence-electron chi connectivity index (χ1n) is 17.5. The number of esters is 1. The van der Waals surface area contributed by atoms with Gasteiger partial charge in [0, 0.05) is 21.7 Å². The SMILES string of the molecule is C=CCc1cc(/C=c2\sc3n(c2=O)[C@@H](c2ccc(OC(C)C)cc2)C(C(=O)OCC)=C(c2ccccc2)N=3)cc(OCC)c1OCc1ccccc1Cl. The molecule has 1 aliphatic rings. The van der Waals surface area contributed by atoms with Gasteiger partial charge in [-0.05, 0) is 81.7 Å². The normalized spacial score (nSPS) is 14.1. The highest BCUT2D eigenvalue weighted by Crippen LogP contribution is 2.37. The molecule has 1 atom stereocenters. The van der Waals surface area contributed by atoms with Crippen molar-refractivity contribution in [1.29, 1.82) is 0 Å². The lowest BCUT2D eigenvalue weighted by molar-refractivity contribution is -0.138. The number of carbonyl (C=O) groups excluding carboxylic acids is 1. The predicted molar refractivity (Wildman–Crippen MR) is 211 cm³/mol. The van der Waals surface area contributed by atoms with Gasteiger partial charge in [-0.15, -0.1) is 6.58 Å². The van der Waals surface area contributed by atoms with E-state index in [9.17, 15) is 9.59 Å². The van der Waals surface area contributed by atoms with Crippen LogP contribution < -0.4 is 29.1 Å². The van der Waals surface area contributed by atoms with Crippen molar-refractivity contribution in [1.82, 2.24) is 4.57 Å². The zero-order valence-corrected chi connectivity index (χ0v) is 31.7. The molecular weight excluding hydrogens is 708 g/mol. The first-order chi connectivity index (χ1) is 25.7. The van der Waals surface area contributed by atoms with Gasteiger partial charge in [0.05, 0.1) is 41.2 Å². The van der Waals surface area contributed by atoms with E-state index in [1.165, 1.54) is 11.3 Å². The standard InChI is InChI=1S/C43H41ClN2O6S/c1-6-14-31-23-28(24-35(49-7-2)40(31)51-26-32-17-12-13-18-34(32)44)25-36-41(47)46-39(30-19-21-33(22-20-30)52-27(4)5)37(42(48)50-8-3)38(45-43(46)53-36)29-15-10-9-11-16-29/h6,9-13,15-25,27,39H,1,7-8,14,26H2,2-5H3/b36-25-/t39-/m0/s1. The lowest BCUT2D eigenvalue weighted by Crippen LogP contribution is -2.40. The van der Waals surface area contributed by atoms with E-state index in [0.29, 0.717) is 55.9 Å². The molecule has 0 saturated heterocycles. The summed E-state index contributed by atoms with van der Waals surface area (Å²) in [6.07, 6.45) is 4.10. The van der Waals surface area contributed by atoms with Crippen molar-refractivity contribution in [3.05, 3.63) is 162 Å². The highest BCUT2D eigenvalue weighted by molar-refractivity contribution is 7.07. The van der Waals surface area contributed by atoms with Gasteiger partial charge in [-0.2, -0.15) is 0 Å². The largest absolute Gasteiger partial charge is 0.491 e. The van der Waals surface area contributed by atoms with Crippen LogP contribution in [0.3, 0.4) is 0 Å². The van der Waals surface area contributed by atoms with E-state index in [1.807, 2.05) is 118 Å². The highest BCUT2D eigenvalue weighted by Gasteiger charge is 2.35. The molecule has 0 spiro atoms. The number of aromatic nitrogens is 1. The molecular formula is C43H41ClN2O6S. The number of thiazole rings is 1. The van der Waals surface area contributed by atoms with Crippen molar-refractivity contribution in [2.75, 3.05) is 13.2 Å². The lowest BCUT2D eigenvalue weighted by Gasteiger charge is -2.26. The molecule has 1 aromatic heterocycles. The van der Waals surface area contributed by atoms with Crippen LogP contribution in [0.4, 0.5) is 0 Å². The Kier molecular flexibility index (Phi) is 12.0. The van der Waals surface area contributed by atoms with Crippen molar-refractivity contribution in [3.63, 3.8) is 0 Å². The van der Waals surface area contributed by atoms with E-state index >= 15 is 0 Å². The Morgan fingerprint density at radius 2 is 1.70 bits per heavy atom. The van der Waals surface area contributed by atoms with Crippen molar-refractivity contribution in [2.45, 2.75) is 52.9 Å². The van der Waals surface area contributed by atoms with Crippen LogP contribution in [-0.4, -0.2) is 29.9 Å². The fourth-order valence-electron chi connectivity index (χ4n) is 6.17. The van der Waals surface area contributed by atoms with E-state index < -0.39 is 12.0 Å². The van der Waals surface area contributed by atoms with Gasteiger partial charge >= 0.3 is 5.97 Å². The maximum Gasteiger partial charge on any atom is 0.338 e. The topological polar surface area (TPSA) is 88.4 Å². The summed E-state index contributed by atoms with van der Waals surface area (Å²) < 4.78 is 26.0. The first kappa shape index (κ1) is 37.4. The minimum Gasteiger partial charge on any atom is -0.491 e. The van der Waals surface area contributed by atoms with Gasteiger partial charge in [0.25, 0.3) is 5.56 Å². The Balaban J connectivity index is 1.53. The smallest absolute Gasteiger partial charge is 0.338 e. The Hall–Kier alpha value is -5.38. The van der Waals surface area contributed by atoms with Crippen LogP contribution in [0.25, 0.3) is 11.8 Å². The minimum atomic E-state index is -0.813. The molecule has 0 bridgehead atoms. The molecule has 8 nitrogen and oxygen atoms in total. The van der Waals surface area contributed by atoms with Gasteiger partial charge in [-0.25, -0.2) is 9.79 Å². The highest BCUT2D eigenvalue weighted by atomic mass is 35.5. The zero-order valence-electron chi connectivity index (χ0n) is 30.1. The third-order valence-corrected chi connectivity index (χ3v) is 9.74. The number of fused-ring (bicyclic) bond motifs is 1. The molecule has 6 rings (SSSR count). The number of rotatable bonds is 14. The zero-order chi connectivity index (χ0) is 37.5. The summed E-state index contributed by atoms with van der Waals surface area (Å²) in [6, 6.07) is 27.5. The second-order valence-electron chi connectivity index (χ2n) is 12.5. The van der Waals surface area contributed by atoms with Crippen molar-refractivity contribution < 1.29 is 23.7 Å². The predicted octanol–water partition coefficient (Wildman–Crippen LogP) is 8.08. The summed E-state index contributed by atoms with van der Waals surface area (Å²) >= 11 is 7.68. The Morgan fingerprint density at radius 3 is 2.38 bits per heavy atom. The van der Waals surface area contributed by atoms with E-state index in [0.717, 1.165) is 22.3 Å². The third kappa shape index (κ3) is 8.32. The van der Waals surface area contributed by atoms with E-state index in [2.05, 4.69) is 6.58 Å². The molecule has 0 N–H and O–H groups in total. The van der Waals surface area contributed by atoms with Crippen LogP contribution in [0.15, 0.2) is 119 Å². The molecule has 0 aliphatic carbocycles. The number of carbonyl (C=O) groups is 1. The molecule has 4 aromatic carbocycles. The average Bonchev–Trinajstić information content (AvgIpc) is 3.45. The summed E-state index contributed by atoms with van der Waals surface area (Å²) in [5.41, 5.74) is 4.32. The van der Waals surface area contributed by atoms with Crippen LogP contribution in [0.2, 0.25) is 5.02 Å². The second kappa shape index (κ2) is 17.0. The van der Waals surface area contributed by atoms with Gasteiger partial charge in [0.2, 0.25) is 0 Å². The number of ether oxygens (including phenoxy) is 4. The van der Waals surface area contributed by atoms with Gasteiger partial charge in [0.1, 0.15) is 12.4 Å². The van der Waals surface area contributed by atoms with Crippen LogP contribution in [0.5, 0.6) is 17.2 Å². The summed E-state index contributed by atoms with van der Waals surface area (Å²) in [4.78, 5) is 33.9. The molecule has 53 heavy (non-hydrogen) atoms. The van der Waals surface area contributed by atoms with E-state index in [-0.39, 0.29) is 30.5 Å². The number of hydrogen-bond donors (Lipinski definition) is 0. The van der Waals surface area contributed by atoms with Gasteiger partial charge < -0.3 is 18.9 Å². The summed E-state index contributed by atoms with van der Waals surface area (Å²) in [5, 5.41) is 0.613. The van der Waals surface area contributed by atoms with Crippen LogP contribution >= 0.6 is 22.9 Å². The molecule has 0 amide bonds. The quantitative estimate of drug-likeness (QED) is 0.0843. The molecule has 0 fully saturated rings. The van der Waals surface area contributed by atoms with Crippen molar-refractivity contribution in [3.8, 4) is 17.2 Å². The van der Waals surface area contributed by atoms with E-state index in [4.69, 9.17) is 35.5 Å². The fourth-order valence-corrected chi connectivity index (χ4v) is 7.37. The number of nitrogens with zero attached hydrogens (tertiary/aromatic N) is 2. The molecule has 5 aromatic rings. The van der Waals surface area contributed by atoms with Crippen LogP contribution in [0, 0.1) is 0 Å².